The van der Waals surface area contributed by atoms with Crippen LogP contribution in [0.15, 0.2) is 18.2 Å². The van der Waals surface area contributed by atoms with Crippen molar-refractivity contribution in [3.8, 4) is 5.75 Å². The van der Waals surface area contributed by atoms with Gasteiger partial charge in [0.2, 0.25) is 0 Å². The van der Waals surface area contributed by atoms with Crippen molar-refractivity contribution in [1.82, 2.24) is 0 Å². The predicted octanol–water partition coefficient (Wildman–Crippen LogP) is 4.27. The van der Waals surface area contributed by atoms with Crippen LogP contribution < -0.4 is 4.74 Å². The maximum absolute atomic E-state index is 5.95. The fourth-order valence-electron chi connectivity index (χ4n) is 1.65. The Kier molecular flexibility index (Phi) is 4.93. The summed E-state index contributed by atoms with van der Waals surface area (Å²) in [6.07, 6.45) is 0. The van der Waals surface area contributed by atoms with Gasteiger partial charge in [0.05, 0.1) is 6.61 Å². The Morgan fingerprint density at radius 2 is 1.88 bits per heavy atom. The number of thiol groups is 1. The van der Waals surface area contributed by atoms with E-state index in [9.17, 15) is 0 Å². The van der Waals surface area contributed by atoms with Crippen molar-refractivity contribution in [3.05, 3.63) is 29.3 Å². The molecule has 0 N–H and O–H groups in total. The zero-order valence-corrected chi connectivity index (χ0v) is 12.5. The van der Waals surface area contributed by atoms with Crippen molar-refractivity contribution in [2.75, 3.05) is 12.4 Å². The summed E-state index contributed by atoms with van der Waals surface area (Å²) in [5.74, 6) is 2.32. The molecular weight excluding hydrogens is 228 g/mol. The molecule has 1 aromatic carbocycles. The van der Waals surface area contributed by atoms with Gasteiger partial charge in [0.1, 0.15) is 5.75 Å². The highest BCUT2D eigenvalue weighted by molar-refractivity contribution is 7.80. The Labute approximate surface area is 111 Å². The van der Waals surface area contributed by atoms with Gasteiger partial charge in [-0.25, -0.2) is 0 Å². The van der Waals surface area contributed by atoms with Gasteiger partial charge in [-0.15, -0.1) is 0 Å². The van der Waals surface area contributed by atoms with Gasteiger partial charge in [-0.3, -0.25) is 0 Å². The first-order chi connectivity index (χ1) is 7.86. The predicted molar refractivity (Wildman–Crippen MR) is 78.2 cm³/mol. The number of hydrogen-bond donors (Lipinski definition) is 1. The van der Waals surface area contributed by atoms with E-state index < -0.39 is 0 Å². The summed E-state index contributed by atoms with van der Waals surface area (Å²) in [7, 11) is 0. The molecule has 17 heavy (non-hydrogen) atoms. The highest BCUT2D eigenvalue weighted by Crippen LogP contribution is 2.28. The van der Waals surface area contributed by atoms with Gasteiger partial charge >= 0.3 is 0 Å². The van der Waals surface area contributed by atoms with E-state index in [1.165, 1.54) is 11.1 Å². The Hall–Kier alpha value is -0.630. The summed E-state index contributed by atoms with van der Waals surface area (Å²) < 4.78 is 5.95. The van der Waals surface area contributed by atoms with Crippen LogP contribution in [0, 0.1) is 25.2 Å². The van der Waals surface area contributed by atoms with Gasteiger partial charge in [-0.1, -0.05) is 32.9 Å². The minimum absolute atomic E-state index is 0.236. The highest BCUT2D eigenvalue weighted by Gasteiger charge is 2.24. The second-order valence-corrected chi connectivity index (χ2v) is 6.12. The molecule has 0 amide bonds. The summed E-state index contributed by atoms with van der Waals surface area (Å²) in [6.45, 7) is 11.7. The minimum Gasteiger partial charge on any atom is -0.493 e. The van der Waals surface area contributed by atoms with Crippen LogP contribution in [-0.4, -0.2) is 12.4 Å². The summed E-state index contributed by atoms with van der Waals surface area (Å²) in [5, 5.41) is 0. The first-order valence-corrected chi connectivity index (χ1v) is 6.79. The van der Waals surface area contributed by atoms with Gasteiger partial charge < -0.3 is 4.74 Å². The van der Waals surface area contributed by atoms with Crippen LogP contribution in [0.3, 0.4) is 0 Å². The average molecular weight is 252 g/mol. The van der Waals surface area contributed by atoms with Crippen LogP contribution >= 0.6 is 12.6 Å². The fourth-order valence-corrected chi connectivity index (χ4v) is 2.30. The Morgan fingerprint density at radius 1 is 1.24 bits per heavy atom. The third-order valence-electron chi connectivity index (χ3n) is 3.44. The molecule has 0 aromatic heterocycles. The van der Waals surface area contributed by atoms with Crippen molar-refractivity contribution in [2.45, 2.75) is 34.6 Å². The van der Waals surface area contributed by atoms with E-state index in [-0.39, 0.29) is 5.41 Å². The molecule has 0 spiro atoms. The zero-order valence-electron chi connectivity index (χ0n) is 11.6. The normalized spacial score (nSPS) is 13.5. The molecular formula is C15H24OS. The molecule has 1 nitrogen and oxygen atoms in total. The minimum atomic E-state index is 0.236. The summed E-state index contributed by atoms with van der Waals surface area (Å²) >= 11 is 4.42. The van der Waals surface area contributed by atoms with E-state index in [0.29, 0.717) is 5.92 Å². The van der Waals surface area contributed by atoms with Crippen molar-refractivity contribution in [1.29, 1.82) is 0 Å². The van der Waals surface area contributed by atoms with Crippen LogP contribution in [-0.2, 0) is 0 Å². The quantitative estimate of drug-likeness (QED) is 0.787. The van der Waals surface area contributed by atoms with Crippen molar-refractivity contribution in [3.63, 3.8) is 0 Å². The number of aryl methyl sites for hydroxylation is 1. The highest BCUT2D eigenvalue weighted by atomic mass is 32.1. The molecule has 0 aliphatic rings. The second kappa shape index (κ2) is 5.81. The topological polar surface area (TPSA) is 9.23 Å². The monoisotopic (exact) mass is 252 g/mol. The van der Waals surface area contributed by atoms with E-state index in [2.05, 4.69) is 53.3 Å². The first kappa shape index (κ1) is 14.4. The first-order valence-electron chi connectivity index (χ1n) is 6.16. The van der Waals surface area contributed by atoms with Crippen LogP contribution in [0.1, 0.15) is 31.9 Å². The molecule has 0 saturated carbocycles. The third-order valence-corrected chi connectivity index (χ3v) is 3.88. The molecule has 96 valence electrons. The molecule has 0 saturated heterocycles. The third kappa shape index (κ3) is 3.95. The molecule has 0 aliphatic heterocycles. The summed E-state index contributed by atoms with van der Waals surface area (Å²) in [4.78, 5) is 0. The maximum atomic E-state index is 5.95. The standard InChI is InChI=1S/C15H24OS/c1-11-7-6-8-14(12(11)2)16-9-13(10-17)15(3,4)5/h6-8,13,17H,9-10H2,1-5H3. The lowest BCUT2D eigenvalue weighted by molar-refractivity contribution is 0.164. The SMILES string of the molecule is Cc1cccc(OCC(CS)C(C)(C)C)c1C. The van der Waals surface area contributed by atoms with Gasteiger partial charge in [-0.2, -0.15) is 12.6 Å². The molecule has 0 bridgehead atoms. The Morgan fingerprint density at radius 3 is 2.41 bits per heavy atom. The van der Waals surface area contributed by atoms with Gasteiger partial charge in [0.15, 0.2) is 0 Å². The number of ether oxygens (including phenoxy) is 1. The number of benzene rings is 1. The molecule has 0 aliphatic carbocycles. The lowest BCUT2D eigenvalue weighted by Crippen LogP contribution is -2.28. The summed E-state index contributed by atoms with van der Waals surface area (Å²) in [5.41, 5.74) is 2.75. The molecule has 0 radical (unpaired) electrons. The van der Waals surface area contributed by atoms with Crippen LogP contribution in [0.2, 0.25) is 0 Å². The number of rotatable bonds is 4. The Balaban J connectivity index is 2.70. The maximum Gasteiger partial charge on any atom is 0.122 e. The van der Waals surface area contributed by atoms with Crippen molar-refractivity contribution in [2.24, 2.45) is 11.3 Å². The molecule has 2 heteroatoms. The van der Waals surface area contributed by atoms with E-state index in [4.69, 9.17) is 4.74 Å². The molecule has 0 fully saturated rings. The zero-order chi connectivity index (χ0) is 13.1. The lowest BCUT2D eigenvalue weighted by atomic mass is 9.82. The van der Waals surface area contributed by atoms with Crippen LogP contribution in [0.5, 0.6) is 5.75 Å². The van der Waals surface area contributed by atoms with E-state index >= 15 is 0 Å². The largest absolute Gasteiger partial charge is 0.493 e. The summed E-state index contributed by atoms with van der Waals surface area (Å²) in [6, 6.07) is 6.20. The van der Waals surface area contributed by atoms with Crippen molar-refractivity contribution < 1.29 is 4.74 Å². The Bertz CT molecular complexity index is 366. The number of hydrogen-bond acceptors (Lipinski definition) is 2. The smallest absolute Gasteiger partial charge is 0.122 e. The second-order valence-electron chi connectivity index (χ2n) is 5.75. The van der Waals surface area contributed by atoms with Gasteiger partial charge in [-0.05, 0) is 42.2 Å². The molecule has 1 aromatic rings. The van der Waals surface area contributed by atoms with E-state index in [1.54, 1.807) is 0 Å². The fraction of sp³-hybridized carbons (Fsp3) is 0.600. The van der Waals surface area contributed by atoms with Crippen LogP contribution in [0.25, 0.3) is 0 Å². The average Bonchev–Trinajstić information content (AvgIpc) is 2.23. The van der Waals surface area contributed by atoms with Gasteiger partial charge in [0, 0.05) is 5.92 Å². The molecule has 1 unspecified atom stereocenters. The van der Waals surface area contributed by atoms with Crippen molar-refractivity contribution >= 4 is 12.6 Å². The van der Waals surface area contributed by atoms with Crippen LogP contribution in [0.4, 0.5) is 0 Å². The van der Waals surface area contributed by atoms with E-state index in [0.717, 1.165) is 18.1 Å². The molecule has 1 rings (SSSR count). The van der Waals surface area contributed by atoms with Gasteiger partial charge in [0.25, 0.3) is 0 Å². The lowest BCUT2D eigenvalue weighted by Gasteiger charge is -2.29. The van der Waals surface area contributed by atoms with E-state index in [1.807, 2.05) is 12.1 Å². The molecule has 0 heterocycles. The molecule has 1 atom stereocenters.